The highest BCUT2D eigenvalue weighted by Gasteiger charge is 2.28. The molecule has 0 heterocycles. The first-order valence-electron chi connectivity index (χ1n) is 4.89. The Bertz CT molecular complexity index is 236. The van der Waals surface area contributed by atoms with Crippen molar-refractivity contribution in [3.8, 4) is 0 Å². The van der Waals surface area contributed by atoms with Crippen molar-refractivity contribution in [2.24, 2.45) is 5.92 Å². The number of carboxylic acids is 1. The van der Waals surface area contributed by atoms with Gasteiger partial charge >= 0.3 is 11.9 Å². The Morgan fingerprint density at radius 3 is 2.47 bits per heavy atom. The molecule has 5 heteroatoms. The molecule has 0 aliphatic carbocycles. The highest BCUT2D eigenvalue weighted by atomic mass is 16.5. The molecule has 0 saturated carbocycles. The monoisotopic (exact) mass is 216 g/mol. The van der Waals surface area contributed by atoms with E-state index in [0.29, 0.717) is 12.7 Å². The molecule has 2 atom stereocenters. The summed E-state index contributed by atoms with van der Waals surface area (Å²) in [4.78, 5) is 32.1. The standard InChI is InChI=1S/C10H16O5/c1-3-7(2)15-10(14)8(9(12)13)5-4-6-11/h6-8H,3-5H2,1-2H3,(H,12,13). The van der Waals surface area contributed by atoms with Gasteiger partial charge in [-0.05, 0) is 19.8 Å². The summed E-state index contributed by atoms with van der Waals surface area (Å²) in [5.41, 5.74) is 0. The van der Waals surface area contributed by atoms with Gasteiger partial charge in [-0.3, -0.25) is 9.59 Å². The molecule has 0 fully saturated rings. The second kappa shape index (κ2) is 6.98. The Morgan fingerprint density at radius 2 is 2.07 bits per heavy atom. The minimum absolute atomic E-state index is 0.00585. The topological polar surface area (TPSA) is 80.7 Å². The van der Waals surface area contributed by atoms with Crippen molar-refractivity contribution in [1.29, 1.82) is 0 Å². The second-order valence-electron chi connectivity index (χ2n) is 3.29. The van der Waals surface area contributed by atoms with E-state index >= 15 is 0 Å². The Labute approximate surface area is 88.4 Å². The van der Waals surface area contributed by atoms with Crippen LogP contribution in [0.4, 0.5) is 0 Å². The molecule has 0 amide bonds. The molecule has 0 spiro atoms. The quantitative estimate of drug-likeness (QED) is 0.390. The highest BCUT2D eigenvalue weighted by molar-refractivity contribution is 5.94. The number of aliphatic carboxylic acids is 1. The minimum atomic E-state index is -1.25. The number of hydrogen-bond donors (Lipinski definition) is 1. The predicted molar refractivity (Wildman–Crippen MR) is 52.3 cm³/mol. The fourth-order valence-electron chi connectivity index (χ4n) is 0.941. The predicted octanol–water partition coefficient (Wildman–Crippen LogP) is 1.01. The average molecular weight is 216 g/mol. The van der Waals surface area contributed by atoms with Gasteiger partial charge < -0.3 is 14.6 Å². The summed E-state index contributed by atoms with van der Waals surface area (Å²) < 4.78 is 4.88. The van der Waals surface area contributed by atoms with E-state index in [1.165, 1.54) is 0 Å². The number of carboxylic acid groups (broad SMARTS) is 1. The summed E-state index contributed by atoms with van der Waals surface area (Å²) in [6, 6.07) is 0. The number of rotatable bonds is 7. The van der Waals surface area contributed by atoms with Gasteiger partial charge in [0.25, 0.3) is 0 Å². The summed E-state index contributed by atoms with van der Waals surface area (Å²) in [7, 11) is 0. The van der Waals surface area contributed by atoms with E-state index in [2.05, 4.69) is 0 Å². The van der Waals surface area contributed by atoms with Gasteiger partial charge in [0.15, 0.2) is 5.92 Å². The molecule has 0 aliphatic rings. The van der Waals surface area contributed by atoms with Crippen molar-refractivity contribution in [3.05, 3.63) is 0 Å². The third kappa shape index (κ3) is 5.15. The van der Waals surface area contributed by atoms with Gasteiger partial charge in [-0.15, -0.1) is 0 Å². The van der Waals surface area contributed by atoms with Crippen LogP contribution in [-0.2, 0) is 19.1 Å². The van der Waals surface area contributed by atoms with E-state index in [-0.39, 0.29) is 18.9 Å². The summed E-state index contributed by atoms with van der Waals surface area (Å²) in [5, 5.41) is 8.74. The third-order valence-electron chi connectivity index (χ3n) is 2.05. The van der Waals surface area contributed by atoms with Crippen LogP contribution in [0.25, 0.3) is 0 Å². The summed E-state index contributed by atoms with van der Waals surface area (Å²) in [6.45, 7) is 3.52. The SMILES string of the molecule is CCC(C)OC(=O)C(CCC=O)C(=O)O. The van der Waals surface area contributed by atoms with E-state index in [1.807, 2.05) is 6.92 Å². The molecule has 0 bridgehead atoms. The van der Waals surface area contributed by atoms with E-state index in [1.54, 1.807) is 6.92 Å². The van der Waals surface area contributed by atoms with Crippen LogP contribution in [0, 0.1) is 5.92 Å². The lowest BCUT2D eigenvalue weighted by molar-refractivity contribution is -0.162. The molecule has 0 aromatic carbocycles. The number of hydrogen-bond acceptors (Lipinski definition) is 4. The largest absolute Gasteiger partial charge is 0.481 e. The molecule has 86 valence electrons. The Hall–Kier alpha value is -1.39. The van der Waals surface area contributed by atoms with Crippen molar-refractivity contribution in [3.63, 3.8) is 0 Å². The normalized spacial score (nSPS) is 14.0. The summed E-state index contributed by atoms with van der Waals surface area (Å²) >= 11 is 0. The van der Waals surface area contributed by atoms with Crippen LogP contribution in [0.15, 0.2) is 0 Å². The zero-order valence-corrected chi connectivity index (χ0v) is 8.93. The average Bonchev–Trinajstić information content (AvgIpc) is 2.17. The van der Waals surface area contributed by atoms with Gasteiger partial charge in [-0.25, -0.2) is 0 Å². The molecule has 0 aromatic rings. The number of ether oxygens (including phenoxy) is 1. The number of esters is 1. The maximum atomic E-state index is 11.3. The lowest BCUT2D eigenvalue weighted by Crippen LogP contribution is -2.28. The van der Waals surface area contributed by atoms with Crippen LogP contribution in [0.2, 0.25) is 0 Å². The minimum Gasteiger partial charge on any atom is -0.481 e. The van der Waals surface area contributed by atoms with Gasteiger partial charge in [0.1, 0.15) is 6.29 Å². The third-order valence-corrected chi connectivity index (χ3v) is 2.05. The van der Waals surface area contributed by atoms with Crippen LogP contribution in [0.5, 0.6) is 0 Å². The molecule has 0 saturated heterocycles. The fourth-order valence-corrected chi connectivity index (χ4v) is 0.941. The number of carbonyl (C=O) groups excluding carboxylic acids is 2. The lowest BCUT2D eigenvalue weighted by Gasteiger charge is -2.14. The molecule has 0 aromatic heterocycles. The first kappa shape index (κ1) is 13.6. The second-order valence-corrected chi connectivity index (χ2v) is 3.29. The van der Waals surface area contributed by atoms with Crippen molar-refractivity contribution < 1.29 is 24.2 Å². The first-order valence-corrected chi connectivity index (χ1v) is 4.89. The van der Waals surface area contributed by atoms with Gasteiger partial charge in [0.2, 0.25) is 0 Å². The molecule has 0 aliphatic heterocycles. The molecule has 1 N–H and O–H groups in total. The van der Waals surface area contributed by atoms with Crippen molar-refractivity contribution in [1.82, 2.24) is 0 Å². The molecular formula is C10H16O5. The molecule has 5 nitrogen and oxygen atoms in total. The smallest absolute Gasteiger partial charge is 0.320 e. The Morgan fingerprint density at radius 1 is 1.47 bits per heavy atom. The van der Waals surface area contributed by atoms with Crippen LogP contribution in [-0.4, -0.2) is 29.4 Å². The highest BCUT2D eigenvalue weighted by Crippen LogP contribution is 2.10. The maximum absolute atomic E-state index is 11.3. The van der Waals surface area contributed by atoms with Crippen LogP contribution in [0.1, 0.15) is 33.1 Å². The maximum Gasteiger partial charge on any atom is 0.320 e. The van der Waals surface area contributed by atoms with Gasteiger partial charge in [0.05, 0.1) is 6.10 Å². The van der Waals surface area contributed by atoms with E-state index < -0.39 is 17.9 Å². The van der Waals surface area contributed by atoms with E-state index in [0.717, 1.165) is 0 Å². The fraction of sp³-hybridized carbons (Fsp3) is 0.700. The summed E-state index contributed by atoms with van der Waals surface area (Å²) in [6.07, 6.45) is 0.967. The number of carbonyl (C=O) groups is 3. The summed E-state index contributed by atoms with van der Waals surface area (Å²) in [5.74, 6) is -3.24. The first-order chi connectivity index (χ1) is 7.02. The number of aldehydes is 1. The van der Waals surface area contributed by atoms with Crippen molar-refractivity contribution in [2.45, 2.75) is 39.2 Å². The van der Waals surface area contributed by atoms with E-state index in [9.17, 15) is 14.4 Å². The van der Waals surface area contributed by atoms with E-state index in [4.69, 9.17) is 9.84 Å². The lowest BCUT2D eigenvalue weighted by atomic mass is 10.0. The zero-order valence-electron chi connectivity index (χ0n) is 8.93. The van der Waals surface area contributed by atoms with Gasteiger partial charge in [-0.1, -0.05) is 6.92 Å². The molecular weight excluding hydrogens is 200 g/mol. The van der Waals surface area contributed by atoms with Gasteiger partial charge in [0, 0.05) is 6.42 Å². The molecule has 0 rings (SSSR count). The van der Waals surface area contributed by atoms with Gasteiger partial charge in [-0.2, -0.15) is 0 Å². The molecule has 15 heavy (non-hydrogen) atoms. The zero-order chi connectivity index (χ0) is 11.8. The molecule has 0 radical (unpaired) electrons. The van der Waals surface area contributed by atoms with Crippen molar-refractivity contribution in [2.75, 3.05) is 0 Å². The Balaban J connectivity index is 4.28. The van der Waals surface area contributed by atoms with Crippen LogP contribution < -0.4 is 0 Å². The molecule has 2 unspecified atom stereocenters. The Kier molecular flexibility index (Phi) is 6.33. The van der Waals surface area contributed by atoms with Crippen LogP contribution >= 0.6 is 0 Å². The van der Waals surface area contributed by atoms with Crippen molar-refractivity contribution >= 4 is 18.2 Å². The van der Waals surface area contributed by atoms with Crippen LogP contribution in [0.3, 0.4) is 0 Å².